The Morgan fingerprint density at radius 3 is 2.93 bits per heavy atom. The Morgan fingerprint density at radius 2 is 2.47 bits per heavy atom. The van der Waals surface area contributed by atoms with Gasteiger partial charge in [0.25, 0.3) is 0 Å². The maximum atomic E-state index is 11.3. The first-order chi connectivity index (χ1) is 7.11. The van der Waals surface area contributed by atoms with Crippen molar-refractivity contribution in [3.8, 4) is 0 Å². The van der Waals surface area contributed by atoms with Crippen LogP contribution in [0.5, 0.6) is 0 Å². The van der Waals surface area contributed by atoms with E-state index >= 15 is 0 Å². The number of nitrogens with zero attached hydrogens (tertiary/aromatic N) is 2. The molecule has 1 aliphatic rings. The molecule has 0 spiro atoms. The van der Waals surface area contributed by atoms with Gasteiger partial charge in [-0.1, -0.05) is 0 Å². The molecule has 1 aromatic rings. The summed E-state index contributed by atoms with van der Waals surface area (Å²) in [5, 5.41) is 22.0. The van der Waals surface area contributed by atoms with Gasteiger partial charge in [-0.3, -0.25) is 4.98 Å². The molecule has 2 heterocycles. The second-order valence-electron chi connectivity index (χ2n) is 3.37. The predicted octanol–water partition coefficient (Wildman–Crippen LogP) is -2.21. The van der Waals surface area contributed by atoms with Crippen LogP contribution in [0.4, 0.5) is 5.95 Å². The second-order valence-corrected chi connectivity index (χ2v) is 3.37. The number of aromatic nitrogens is 3. The number of anilines is 1. The van der Waals surface area contributed by atoms with Crippen molar-refractivity contribution in [3.63, 3.8) is 0 Å². The van der Waals surface area contributed by atoms with E-state index in [1.54, 1.807) is 0 Å². The van der Waals surface area contributed by atoms with Gasteiger partial charge in [0.1, 0.15) is 6.10 Å². The molecule has 0 bridgehead atoms. The molecule has 1 aliphatic heterocycles. The average Bonchev–Trinajstić information content (AvgIpc) is 2.69. The minimum atomic E-state index is -0.801. The summed E-state index contributed by atoms with van der Waals surface area (Å²) < 4.78 is 6.25. The van der Waals surface area contributed by atoms with E-state index in [4.69, 9.17) is 15.6 Å². The van der Waals surface area contributed by atoms with Crippen molar-refractivity contribution < 1.29 is 14.9 Å². The third kappa shape index (κ3) is 1.74. The lowest BCUT2D eigenvalue weighted by molar-refractivity contribution is -0.0495. The summed E-state index contributed by atoms with van der Waals surface area (Å²) in [7, 11) is 0. The quantitative estimate of drug-likeness (QED) is 0.444. The molecule has 5 N–H and O–H groups in total. The third-order valence-electron chi connectivity index (χ3n) is 2.32. The maximum absolute atomic E-state index is 11.3. The summed E-state index contributed by atoms with van der Waals surface area (Å²) in [4.78, 5) is 13.6. The van der Waals surface area contributed by atoms with Gasteiger partial charge >= 0.3 is 5.69 Å². The lowest BCUT2D eigenvalue weighted by Gasteiger charge is -2.10. The standard InChI is InChI=1S/C7H12N4O4/c8-6-9-7(14)11(10-6)5-1-3(13)4(2-12)15-5/h3-5,12-13H,1-2H2,(H3,8,9,10,14)/t3-,4+,5+/m0/s1. The first-order valence-electron chi connectivity index (χ1n) is 4.50. The van der Waals surface area contributed by atoms with Crippen LogP contribution in [0.2, 0.25) is 0 Å². The number of nitrogens with one attached hydrogen (secondary N) is 1. The molecule has 1 saturated heterocycles. The Labute approximate surface area is 84.3 Å². The number of nitrogen functional groups attached to an aromatic ring is 1. The number of hydrogen-bond acceptors (Lipinski definition) is 6. The first kappa shape index (κ1) is 10.1. The Balaban J connectivity index is 2.20. The zero-order chi connectivity index (χ0) is 11.0. The zero-order valence-electron chi connectivity index (χ0n) is 7.83. The van der Waals surface area contributed by atoms with Crippen molar-refractivity contribution in [1.29, 1.82) is 0 Å². The van der Waals surface area contributed by atoms with Crippen LogP contribution in [0.15, 0.2) is 4.79 Å². The van der Waals surface area contributed by atoms with E-state index < -0.39 is 24.1 Å². The largest absolute Gasteiger partial charge is 0.394 e. The van der Waals surface area contributed by atoms with Gasteiger partial charge in [-0.05, 0) is 0 Å². The molecule has 84 valence electrons. The van der Waals surface area contributed by atoms with Gasteiger partial charge < -0.3 is 20.7 Å². The summed E-state index contributed by atoms with van der Waals surface area (Å²) in [6.07, 6.45) is -1.96. The van der Waals surface area contributed by atoms with E-state index in [9.17, 15) is 9.90 Å². The molecule has 0 aliphatic carbocycles. The monoisotopic (exact) mass is 216 g/mol. The van der Waals surface area contributed by atoms with Crippen LogP contribution in [0.25, 0.3) is 0 Å². The van der Waals surface area contributed by atoms with Crippen molar-refractivity contribution >= 4 is 5.95 Å². The van der Waals surface area contributed by atoms with Crippen molar-refractivity contribution in [1.82, 2.24) is 14.8 Å². The Hall–Kier alpha value is -1.38. The van der Waals surface area contributed by atoms with Gasteiger partial charge in [0.15, 0.2) is 6.23 Å². The van der Waals surface area contributed by atoms with Crippen molar-refractivity contribution in [2.45, 2.75) is 24.9 Å². The Morgan fingerprint density at radius 1 is 1.73 bits per heavy atom. The van der Waals surface area contributed by atoms with Gasteiger partial charge in [-0.2, -0.15) is 4.68 Å². The van der Waals surface area contributed by atoms with E-state index in [1.165, 1.54) is 0 Å². The molecule has 2 rings (SSSR count). The molecule has 15 heavy (non-hydrogen) atoms. The second kappa shape index (κ2) is 3.65. The van der Waals surface area contributed by atoms with E-state index in [-0.39, 0.29) is 19.0 Å². The average molecular weight is 216 g/mol. The molecule has 8 nitrogen and oxygen atoms in total. The van der Waals surface area contributed by atoms with Crippen molar-refractivity contribution in [2.24, 2.45) is 0 Å². The highest BCUT2D eigenvalue weighted by atomic mass is 16.5. The summed E-state index contributed by atoms with van der Waals surface area (Å²) in [6.45, 7) is -0.299. The van der Waals surface area contributed by atoms with Gasteiger partial charge in [0, 0.05) is 6.42 Å². The van der Waals surface area contributed by atoms with E-state index in [2.05, 4.69) is 10.1 Å². The number of hydrogen-bond donors (Lipinski definition) is 4. The molecule has 1 aromatic heterocycles. The Kier molecular flexibility index (Phi) is 2.47. The van der Waals surface area contributed by atoms with Crippen LogP contribution in [0.1, 0.15) is 12.6 Å². The lowest BCUT2D eigenvalue weighted by Crippen LogP contribution is -2.25. The van der Waals surface area contributed by atoms with Crippen molar-refractivity contribution in [2.75, 3.05) is 12.3 Å². The van der Waals surface area contributed by atoms with Crippen LogP contribution in [0.3, 0.4) is 0 Å². The molecule has 1 fully saturated rings. The van der Waals surface area contributed by atoms with Gasteiger partial charge in [0.2, 0.25) is 5.95 Å². The molecule has 0 unspecified atom stereocenters. The Bertz CT molecular complexity index is 400. The molecule has 0 radical (unpaired) electrons. The lowest BCUT2D eigenvalue weighted by atomic mass is 10.2. The fourth-order valence-corrected chi connectivity index (χ4v) is 1.58. The first-order valence-corrected chi connectivity index (χ1v) is 4.50. The minimum absolute atomic E-state index is 0.00876. The fourth-order valence-electron chi connectivity index (χ4n) is 1.58. The maximum Gasteiger partial charge on any atom is 0.347 e. The molecule has 0 amide bonds. The number of ether oxygens (including phenoxy) is 1. The van der Waals surface area contributed by atoms with Gasteiger partial charge in [0.05, 0.1) is 12.7 Å². The number of aliphatic hydroxyl groups is 2. The molecule has 0 aromatic carbocycles. The minimum Gasteiger partial charge on any atom is -0.394 e. The summed E-state index contributed by atoms with van der Waals surface area (Å²) in [5.41, 5.74) is 4.80. The number of nitrogens with two attached hydrogens (primary N) is 1. The highest BCUT2D eigenvalue weighted by Crippen LogP contribution is 2.26. The SMILES string of the molecule is Nc1nn([C@H]2C[C@H](O)[C@@H](CO)O2)c(=O)[nH]1. The molecule has 8 heteroatoms. The van der Waals surface area contributed by atoms with Crippen LogP contribution < -0.4 is 11.4 Å². The number of aromatic amines is 1. The highest BCUT2D eigenvalue weighted by molar-refractivity contribution is 5.09. The van der Waals surface area contributed by atoms with E-state index in [0.717, 1.165) is 4.68 Å². The number of rotatable bonds is 2. The van der Waals surface area contributed by atoms with E-state index in [0.29, 0.717) is 0 Å². The number of H-pyrrole nitrogens is 1. The number of aliphatic hydroxyl groups excluding tert-OH is 2. The van der Waals surface area contributed by atoms with Crippen LogP contribution in [-0.2, 0) is 4.74 Å². The van der Waals surface area contributed by atoms with Gasteiger partial charge in [-0.25, -0.2) is 4.79 Å². The smallest absolute Gasteiger partial charge is 0.347 e. The molecule has 3 atom stereocenters. The highest BCUT2D eigenvalue weighted by Gasteiger charge is 2.35. The summed E-state index contributed by atoms with van der Waals surface area (Å²) in [6, 6.07) is 0. The molecule has 0 saturated carbocycles. The van der Waals surface area contributed by atoms with Gasteiger partial charge in [-0.15, -0.1) is 5.10 Å². The molecular formula is C7H12N4O4. The van der Waals surface area contributed by atoms with Crippen molar-refractivity contribution in [3.05, 3.63) is 10.5 Å². The summed E-state index contributed by atoms with van der Waals surface area (Å²) >= 11 is 0. The summed E-state index contributed by atoms with van der Waals surface area (Å²) in [5.74, 6) is -0.00876. The van der Waals surface area contributed by atoms with E-state index in [1.807, 2.05) is 0 Å². The normalized spacial score (nSPS) is 30.9. The van der Waals surface area contributed by atoms with Crippen LogP contribution in [-0.4, -0.2) is 43.8 Å². The van der Waals surface area contributed by atoms with Crippen LogP contribution in [0, 0.1) is 0 Å². The topological polar surface area (TPSA) is 126 Å². The fraction of sp³-hybridized carbons (Fsp3) is 0.714. The molecular weight excluding hydrogens is 204 g/mol. The van der Waals surface area contributed by atoms with Crippen LogP contribution >= 0.6 is 0 Å². The third-order valence-corrected chi connectivity index (χ3v) is 2.32. The predicted molar refractivity (Wildman–Crippen MR) is 48.9 cm³/mol. The zero-order valence-corrected chi connectivity index (χ0v) is 7.83.